The zero-order valence-electron chi connectivity index (χ0n) is 12.7. The second-order valence-corrected chi connectivity index (χ2v) is 6.54. The maximum atomic E-state index is 12.6. The summed E-state index contributed by atoms with van der Waals surface area (Å²) in [6.07, 6.45) is 0. The molecule has 0 aliphatic heterocycles. The molecule has 5 nitrogen and oxygen atoms in total. The first-order chi connectivity index (χ1) is 11.1. The number of rotatable bonds is 6. The Hall–Kier alpha value is -1.70. The quantitative estimate of drug-likeness (QED) is 0.760. The first-order valence-corrected chi connectivity index (χ1v) is 8.45. The smallest absolute Gasteiger partial charge is 0.330 e. The highest BCUT2D eigenvalue weighted by molar-refractivity contribution is 9.10. The lowest BCUT2D eigenvalue weighted by molar-refractivity contribution is -0.144. The third-order valence-electron chi connectivity index (χ3n) is 3.14. The number of thiophene rings is 1. The number of carbonyl (C=O) groups excluding carboxylic acids is 2. The van der Waals surface area contributed by atoms with E-state index in [2.05, 4.69) is 26.0 Å². The number of halogens is 1. The number of amides is 1. The SMILES string of the molecule is COC[C@H](NC(=O)c1ccc(Br)cc1-c1cccs1)C(=O)OC. The summed E-state index contributed by atoms with van der Waals surface area (Å²) in [7, 11) is 2.73. The van der Waals surface area contributed by atoms with Gasteiger partial charge in [0.1, 0.15) is 0 Å². The third kappa shape index (κ3) is 4.40. The Morgan fingerprint density at radius 3 is 2.70 bits per heavy atom. The molecular weight excluding hydrogens is 382 g/mol. The second kappa shape index (κ2) is 8.24. The summed E-state index contributed by atoms with van der Waals surface area (Å²) in [4.78, 5) is 25.3. The van der Waals surface area contributed by atoms with Crippen LogP contribution < -0.4 is 5.32 Å². The van der Waals surface area contributed by atoms with E-state index in [1.54, 1.807) is 12.1 Å². The predicted octanol–water partition coefficient (Wildman–Crippen LogP) is 3.10. The number of hydrogen-bond acceptors (Lipinski definition) is 5. The summed E-state index contributed by atoms with van der Waals surface area (Å²) in [5.41, 5.74) is 1.29. The summed E-state index contributed by atoms with van der Waals surface area (Å²) in [6, 6.07) is 8.40. The van der Waals surface area contributed by atoms with Crippen LogP contribution in [0, 0.1) is 0 Å². The van der Waals surface area contributed by atoms with Crippen molar-refractivity contribution in [2.24, 2.45) is 0 Å². The molecule has 0 aliphatic carbocycles. The minimum absolute atomic E-state index is 0.0449. The van der Waals surface area contributed by atoms with Gasteiger partial charge in [0.15, 0.2) is 6.04 Å². The van der Waals surface area contributed by atoms with Crippen LogP contribution >= 0.6 is 27.3 Å². The fourth-order valence-corrected chi connectivity index (χ4v) is 3.18. The Morgan fingerprint density at radius 2 is 2.09 bits per heavy atom. The monoisotopic (exact) mass is 397 g/mol. The van der Waals surface area contributed by atoms with Crippen LogP contribution in [0.25, 0.3) is 10.4 Å². The zero-order chi connectivity index (χ0) is 16.8. The Balaban J connectivity index is 2.30. The molecule has 0 bridgehead atoms. The molecule has 0 radical (unpaired) electrons. The van der Waals surface area contributed by atoms with Crippen LogP contribution in [0.1, 0.15) is 10.4 Å². The maximum Gasteiger partial charge on any atom is 0.330 e. The fraction of sp³-hybridized carbons (Fsp3) is 0.250. The minimum Gasteiger partial charge on any atom is -0.467 e. The topological polar surface area (TPSA) is 64.6 Å². The van der Waals surface area contributed by atoms with Gasteiger partial charge in [0.2, 0.25) is 0 Å². The molecule has 23 heavy (non-hydrogen) atoms. The van der Waals surface area contributed by atoms with Crippen molar-refractivity contribution in [3.8, 4) is 10.4 Å². The number of esters is 1. The highest BCUT2D eigenvalue weighted by Crippen LogP contribution is 2.30. The first kappa shape index (κ1) is 17.7. The molecule has 2 aromatic rings. The normalized spacial score (nSPS) is 11.8. The standard InChI is InChI=1S/C16H16BrNO4S/c1-21-9-13(16(20)22-2)18-15(19)11-6-5-10(17)8-12(11)14-4-3-7-23-14/h3-8,13H,9H2,1-2H3,(H,18,19)/t13-/m0/s1. The van der Waals surface area contributed by atoms with E-state index in [0.29, 0.717) is 5.56 Å². The largest absolute Gasteiger partial charge is 0.467 e. The molecule has 122 valence electrons. The van der Waals surface area contributed by atoms with E-state index in [-0.39, 0.29) is 12.5 Å². The van der Waals surface area contributed by atoms with Crippen molar-refractivity contribution >= 4 is 39.1 Å². The molecule has 0 saturated carbocycles. The molecule has 1 amide bonds. The average Bonchev–Trinajstić information content (AvgIpc) is 3.07. The van der Waals surface area contributed by atoms with E-state index in [4.69, 9.17) is 4.74 Å². The van der Waals surface area contributed by atoms with Crippen molar-refractivity contribution in [1.82, 2.24) is 5.32 Å². The van der Waals surface area contributed by atoms with Crippen molar-refractivity contribution in [1.29, 1.82) is 0 Å². The maximum absolute atomic E-state index is 12.6. The Bertz CT molecular complexity index is 687. The minimum atomic E-state index is -0.850. The molecule has 1 atom stereocenters. The summed E-state index contributed by atoms with van der Waals surface area (Å²) in [5, 5.41) is 4.60. The van der Waals surface area contributed by atoms with Gasteiger partial charge in [0.05, 0.1) is 13.7 Å². The molecule has 1 aromatic carbocycles. The van der Waals surface area contributed by atoms with Gasteiger partial charge < -0.3 is 14.8 Å². The van der Waals surface area contributed by atoms with Gasteiger partial charge in [0, 0.05) is 27.6 Å². The molecule has 1 heterocycles. The Labute approximate surface area is 146 Å². The lowest BCUT2D eigenvalue weighted by Crippen LogP contribution is -2.44. The van der Waals surface area contributed by atoms with Crippen LogP contribution in [0.5, 0.6) is 0 Å². The van der Waals surface area contributed by atoms with Gasteiger partial charge in [-0.05, 0) is 29.6 Å². The molecule has 2 rings (SSSR count). The van der Waals surface area contributed by atoms with Crippen molar-refractivity contribution in [2.75, 3.05) is 20.8 Å². The number of hydrogen-bond donors (Lipinski definition) is 1. The van der Waals surface area contributed by atoms with Crippen LogP contribution in [-0.2, 0) is 14.3 Å². The number of carbonyl (C=O) groups is 2. The molecule has 7 heteroatoms. The summed E-state index contributed by atoms with van der Waals surface area (Å²) in [5.74, 6) is -0.900. The molecule has 0 aliphatic rings. The fourth-order valence-electron chi connectivity index (χ4n) is 2.06. The molecule has 0 fully saturated rings. The van der Waals surface area contributed by atoms with Gasteiger partial charge in [0.25, 0.3) is 5.91 Å². The van der Waals surface area contributed by atoms with E-state index < -0.39 is 12.0 Å². The third-order valence-corrected chi connectivity index (χ3v) is 4.53. The first-order valence-electron chi connectivity index (χ1n) is 6.78. The Morgan fingerprint density at radius 1 is 1.30 bits per heavy atom. The highest BCUT2D eigenvalue weighted by Gasteiger charge is 2.23. The zero-order valence-corrected chi connectivity index (χ0v) is 15.1. The van der Waals surface area contributed by atoms with Gasteiger partial charge in [-0.3, -0.25) is 4.79 Å². The highest BCUT2D eigenvalue weighted by atomic mass is 79.9. The Kier molecular flexibility index (Phi) is 6.32. The molecule has 1 N–H and O–H groups in total. The molecular formula is C16H16BrNO4S. The van der Waals surface area contributed by atoms with Crippen LogP contribution in [-0.4, -0.2) is 38.7 Å². The number of ether oxygens (including phenoxy) is 2. The molecule has 0 spiro atoms. The van der Waals surface area contributed by atoms with E-state index in [0.717, 1.165) is 14.9 Å². The predicted molar refractivity (Wildman–Crippen MR) is 92.6 cm³/mol. The number of methoxy groups -OCH3 is 2. The number of nitrogens with one attached hydrogen (secondary N) is 1. The molecule has 1 aromatic heterocycles. The van der Waals surface area contributed by atoms with E-state index in [1.807, 2.05) is 23.6 Å². The average molecular weight is 398 g/mol. The summed E-state index contributed by atoms with van der Waals surface area (Å²) in [6.45, 7) is 0.0449. The van der Waals surface area contributed by atoms with Gasteiger partial charge in [-0.1, -0.05) is 22.0 Å². The lowest BCUT2D eigenvalue weighted by atomic mass is 10.0. The van der Waals surface area contributed by atoms with E-state index in [1.165, 1.54) is 25.6 Å². The van der Waals surface area contributed by atoms with Crippen LogP contribution in [0.2, 0.25) is 0 Å². The van der Waals surface area contributed by atoms with Crippen LogP contribution in [0.3, 0.4) is 0 Å². The van der Waals surface area contributed by atoms with Gasteiger partial charge in [-0.2, -0.15) is 0 Å². The van der Waals surface area contributed by atoms with Gasteiger partial charge in [-0.25, -0.2) is 4.79 Å². The van der Waals surface area contributed by atoms with Crippen molar-refractivity contribution in [2.45, 2.75) is 6.04 Å². The van der Waals surface area contributed by atoms with Gasteiger partial charge >= 0.3 is 5.97 Å². The van der Waals surface area contributed by atoms with Crippen molar-refractivity contribution in [3.05, 3.63) is 45.7 Å². The summed E-state index contributed by atoms with van der Waals surface area (Å²) < 4.78 is 10.5. The summed E-state index contributed by atoms with van der Waals surface area (Å²) >= 11 is 4.96. The second-order valence-electron chi connectivity index (χ2n) is 4.67. The molecule has 0 saturated heterocycles. The lowest BCUT2D eigenvalue weighted by Gasteiger charge is -2.17. The van der Waals surface area contributed by atoms with Crippen LogP contribution in [0.4, 0.5) is 0 Å². The van der Waals surface area contributed by atoms with Crippen molar-refractivity contribution < 1.29 is 19.1 Å². The van der Waals surface area contributed by atoms with Crippen LogP contribution in [0.15, 0.2) is 40.2 Å². The van der Waals surface area contributed by atoms with Gasteiger partial charge in [-0.15, -0.1) is 11.3 Å². The number of benzene rings is 1. The van der Waals surface area contributed by atoms with Crippen molar-refractivity contribution in [3.63, 3.8) is 0 Å². The van der Waals surface area contributed by atoms with E-state index in [9.17, 15) is 9.59 Å². The van der Waals surface area contributed by atoms with E-state index >= 15 is 0 Å². The molecule has 0 unspecified atom stereocenters.